The Bertz CT molecular complexity index is 767. The zero-order chi connectivity index (χ0) is 20.4. The van der Waals surface area contributed by atoms with Gasteiger partial charge in [-0.2, -0.15) is 0 Å². The van der Waals surface area contributed by atoms with Gasteiger partial charge in [0.2, 0.25) is 17.7 Å². The molecule has 1 aliphatic carbocycles. The number of nitrogens with one attached hydrogen (secondary N) is 2. The molecule has 0 aromatic carbocycles. The molecule has 1 saturated carbocycles. The summed E-state index contributed by atoms with van der Waals surface area (Å²) in [6.07, 6.45) is 7.98. The van der Waals surface area contributed by atoms with Crippen molar-refractivity contribution in [3.05, 3.63) is 24.5 Å². The van der Waals surface area contributed by atoms with Gasteiger partial charge in [0, 0.05) is 31.0 Å². The summed E-state index contributed by atoms with van der Waals surface area (Å²) in [6, 6.07) is 3.79. The van der Waals surface area contributed by atoms with Crippen LogP contribution >= 0.6 is 0 Å². The number of carbonyl (C=O) groups excluding carboxylic acids is 3. The van der Waals surface area contributed by atoms with Crippen LogP contribution in [0.15, 0.2) is 24.5 Å². The molecule has 3 aliphatic rings. The molecule has 0 spiro atoms. The van der Waals surface area contributed by atoms with Gasteiger partial charge in [-0.25, -0.2) is 0 Å². The maximum atomic E-state index is 12.9. The minimum atomic E-state index is -0.182. The second-order valence-electron chi connectivity index (χ2n) is 8.28. The van der Waals surface area contributed by atoms with Crippen LogP contribution in [0, 0.1) is 5.92 Å². The number of nitrogens with zero attached hydrogens (tertiary/aromatic N) is 3. The van der Waals surface area contributed by atoms with Gasteiger partial charge < -0.3 is 20.4 Å². The molecule has 3 atom stereocenters. The Morgan fingerprint density at radius 3 is 2.79 bits per heavy atom. The number of hydrogen-bond donors (Lipinski definition) is 2. The van der Waals surface area contributed by atoms with Crippen molar-refractivity contribution in [3.8, 4) is 0 Å². The van der Waals surface area contributed by atoms with E-state index in [1.807, 2.05) is 17.9 Å². The highest BCUT2D eigenvalue weighted by Crippen LogP contribution is 2.35. The van der Waals surface area contributed by atoms with Gasteiger partial charge in [0.05, 0.1) is 30.7 Å². The monoisotopic (exact) mass is 399 g/mol. The highest BCUT2D eigenvalue weighted by Gasteiger charge is 2.49. The van der Waals surface area contributed by atoms with Gasteiger partial charge in [0.25, 0.3) is 0 Å². The Morgan fingerprint density at radius 1 is 1.31 bits per heavy atom. The minimum absolute atomic E-state index is 0.0539. The summed E-state index contributed by atoms with van der Waals surface area (Å²) in [5, 5.41) is 6.20. The number of carbonyl (C=O) groups is 3. The van der Waals surface area contributed by atoms with Crippen molar-refractivity contribution in [2.24, 2.45) is 5.92 Å². The summed E-state index contributed by atoms with van der Waals surface area (Å²) >= 11 is 0. The first-order valence-electron chi connectivity index (χ1n) is 10.6. The molecule has 8 heteroatoms. The van der Waals surface area contributed by atoms with E-state index in [2.05, 4.69) is 15.6 Å². The van der Waals surface area contributed by atoms with E-state index in [0.29, 0.717) is 19.0 Å². The van der Waals surface area contributed by atoms with E-state index in [1.165, 1.54) is 6.42 Å². The molecule has 8 nitrogen and oxygen atoms in total. The number of hydrogen-bond acceptors (Lipinski definition) is 5. The summed E-state index contributed by atoms with van der Waals surface area (Å²) in [5.74, 6) is -0.281. The molecule has 3 fully saturated rings. The third-order valence-electron chi connectivity index (χ3n) is 6.45. The first kappa shape index (κ1) is 19.7. The van der Waals surface area contributed by atoms with Crippen LogP contribution in [0.2, 0.25) is 0 Å². The van der Waals surface area contributed by atoms with Crippen molar-refractivity contribution in [2.45, 2.75) is 57.2 Å². The second kappa shape index (κ2) is 8.39. The third-order valence-corrected chi connectivity index (χ3v) is 6.45. The first-order chi connectivity index (χ1) is 14.1. The second-order valence-corrected chi connectivity index (χ2v) is 8.28. The van der Waals surface area contributed by atoms with E-state index in [1.54, 1.807) is 23.4 Å². The Labute approximate surface area is 171 Å². The van der Waals surface area contributed by atoms with Crippen LogP contribution in [0.4, 0.5) is 5.69 Å². The van der Waals surface area contributed by atoms with Crippen molar-refractivity contribution >= 4 is 23.4 Å². The summed E-state index contributed by atoms with van der Waals surface area (Å²) in [6.45, 7) is 2.72. The molecule has 4 rings (SSSR count). The van der Waals surface area contributed by atoms with Crippen LogP contribution in [0.5, 0.6) is 0 Å². The molecule has 3 amide bonds. The quantitative estimate of drug-likeness (QED) is 0.744. The van der Waals surface area contributed by atoms with Gasteiger partial charge in [-0.3, -0.25) is 19.4 Å². The van der Waals surface area contributed by atoms with Crippen molar-refractivity contribution < 1.29 is 14.4 Å². The minimum Gasteiger partial charge on any atom is -0.375 e. The highest BCUT2D eigenvalue weighted by atomic mass is 16.2. The normalized spacial score (nSPS) is 26.7. The van der Waals surface area contributed by atoms with E-state index in [0.717, 1.165) is 24.9 Å². The lowest BCUT2D eigenvalue weighted by atomic mass is 9.90. The van der Waals surface area contributed by atoms with Crippen LogP contribution in [-0.2, 0) is 14.4 Å². The molecule has 0 bridgehead atoms. The fourth-order valence-electron chi connectivity index (χ4n) is 4.71. The Balaban J connectivity index is 1.38. The van der Waals surface area contributed by atoms with Crippen LogP contribution in [0.1, 0.15) is 39.0 Å². The van der Waals surface area contributed by atoms with Gasteiger partial charge in [0.1, 0.15) is 0 Å². The maximum absolute atomic E-state index is 12.9. The third kappa shape index (κ3) is 4.06. The van der Waals surface area contributed by atoms with E-state index < -0.39 is 0 Å². The fourth-order valence-corrected chi connectivity index (χ4v) is 4.71. The lowest BCUT2D eigenvalue weighted by Gasteiger charge is -2.40. The van der Waals surface area contributed by atoms with Crippen molar-refractivity contribution in [2.75, 3.05) is 25.0 Å². The lowest BCUT2D eigenvalue weighted by molar-refractivity contribution is -0.148. The smallest absolute Gasteiger partial charge is 0.242 e. The molecule has 0 radical (unpaired) electrons. The average Bonchev–Trinajstić information content (AvgIpc) is 3.08. The number of amides is 3. The zero-order valence-electron chi connectivity index (χ0n) is 16.8. The van der Waals surface area contributed by atoms with Crippen LogP contribution < -0.4 is 10.6 Å². The Morgan fingerprint density at radius 2 is 2.14 bits per heavy atom. The Hall–Kier alpha value is -2.64. The molecule has 29 heavy (non-hydrogen) atoms. The topological polar surface area (TPSA) is 94.6 Å². The highest BCUT2D eigenvalue weighted by molar-refractivity contribution is 5.90. The molecule has 156 valence electrons. The first-order valence-corrected chi connectivity index (χ1v) is 10.6. The number of piperazine rings is 1. The van der Waals surface area contributed by atoms with Gasteiger partial charge in [-0.15, -0.1) is 0 Å². The van der Waals surface area contributed by atoms with Crippen molar-refractivity contribution in [1.29, 1.82) is 0 Å². The van der Waals surface area contributed by atoms with Crippen molar-refractivity contribution in [1.82, 2.24) is 20.1 Å². The van der Waals surface area contributed by atoms with Crippen LogP contribution in [0.3, 0.4) is 0 Å². The molecular formula is C21H29N5O3. The fraction of sp³-hybridized carbons (Fsp3) is 0.619. The summed E-state index contributed by atoms with van der Waals surface area (Å²) < 4.78 is 0. The van der Waals surface area contributed by atoms with E-state index in [-0.39, 0.29) is 48.8 Å². The standard InChI is InChI=1S/C21H29N5O3/c1-2-18-17(21(29)24-14-5-3-6-14)9-16-12-25(13-20(28)26(16)18)19(27)11-23-15-7-4-8-22-10-15/h4,7-8,10,14,16-18,23H,2-3,5-6,9,11-13H2,1H3,(H,24,29)/t16-,17-,18-/m0/s1. The molecule has 2 saturated heterocycles. The predicted molar refractivity (Wildman–Crippen MR) is 108 cm³/mol. The van der Waals surface area contributed by atoms with E-state index in [9.17, 15) is 14.4 Å². The molecule has 2 aliphatic heterocycles. The van der Waals surface area contributed by atoms with Crippen LogP contribution in [0.25, 0.3) is 0 Å². The predicted octanol–water partition coefficient (Wildman–Crippen LogP) is 1.00. The summed E-state index contributed by atoms with van der Waals surface area (Å²) in [5.41, 5.74) is 0.769. The van der Waals surface area contributed by atoms with Crippen molar-refractivity contribution in [3.63, 3.8) is 0 Å². The van der Waals surface area contributed by atoms with Crippen LogP contribution in [-0.4, -0.2) is 70.3 Å². The average molecular weight is 399 g/mol. The molecule has 1 aromatic rings. The number of fused-ring (bicyclic) bond motifs is 1. The number of pyridine rings is 1. The molecule has 2 N–H and O–H groups in total. The molecule has 0 unspecified atom stereocenters. The van der Waals surface area contributed by atoms with Gasteiger partial charge in [-0.1, -0.05) is 6.92 Å². The molecule has 1 aromatic heterocycles. The summed E-state index contributed by atoms with van der Waals surface area (Å²) in [7, 11) is 0. The van der Waals surface area contributed by atoms with Gasteiger partial charge in [0.15, 0.2) is 0 Å². The summed E-state index contributed by atoms with van der Waals surface area (Å²) in [4.78, 5) is 45.8. The van der Waals surface area contributed by atoms with Gasteiger partial charge in [-0.05, 0) is 44.2 Å². The van der Waals surface area contributed by atoms with Gasteiger partial charge >= 0.3 is 0 Å². The van der Waals surface area contributed by atoms with E-state index >= 15 is 0 Å². The zero-order valence-corrected chi connectivity index (χ0v) is 16.8. The lowest BCUT2D eigenvalue weighted by Crippen LogP contribution is -2.58. The van der Waals surface area contributed by atoms with E-state index in [4.69, 9.17) is 0 Å². The maximum Gasteiger partial charge on any atom is 0.242 e. The number of rotatable bonds is 6. The SMILES string of the molecule is CC[C@H]1[C@@H](C(=O)NC2CCC2)C[C@H]2CN(C(=O)CNc3cccnc3)CC(=O)N21. The number of aromatic nitrogens is 1. The molecular weight excluding hydrogens is 370 g/mol. The molecule has 3 heterocycles. The Kier molecular flexibility index (Phi) is 5.69. The number of anilines is 1. The largest absolute Gasteiger partial charge is 0.375 e.